The third-order valence-electron chi connectivity index (χ3n) is 4.00. The van der Waals surface area contributed by atoms with Crippen LogP contribution in [0.4, 0.5) is 11.4 Å². The molecule has 1 aliphatic carbocycles. The summed E-state index contributed by atoms with van der Waals surface area (Å²) in [7, 11) is 0. The smallest absolute Gasteiger partial charge is 0.311 e. The summed E-state index contributed by atoms with van der Waals surface area (Å²) < 4.78 is 0.663. The first kappa shape index (κ1) is 15.2. The molecule has 0 bridgehead atoms. The molecule has 0 aromatic carbocycles. The number of hydrogen-bond acceptors (Lipinski definition) is 5. The fourth-order valence-corrected chi connectivity index (χ4v) is 3.65. The summed E-state index contributed by atoms with van der Waals surface area (Å²) in [4.78, 5) is 16.9. The maximum absolute atomic E-state index is 11.3. The lowest BCUT2D eigenvalue weighted by atomic mass is 10.0. The van der Waals surface area contributed by atoms with Crippen LogP contribution in [0.1, 0.15) is 26.2 Å². The molecule has 1 aromatic rings. The van der Waals surface area contributed by atoms with E-state index in [1.807, 2.05) is 6.92 Å². The second kappa shape index (κ2) is 6.49. The van der Waals surface area contributed by atoms with E-state index in [0.717, 1.165) is 19.3 Å². The first-order chi connectivity index (χ1) is 9.60. The van der Waals surface area contributed by atoms with Gasteiger partial charge in [0.2, 0.25) is 0 Å². The van der Waals surface area contributed by atoms with Crippen molar-refractivity contribution in [2.24, 2.45) is 11.7 Å². The highest BCUT2D eigenvalue weighted by Crippen LogP contribution is 2.40. The van der Waals surface area contributed by atoms with Gasteiger partial charge in [0, 0.05) is 18.8 Å². The van der Waals surface area contributed by atoms with Gasteiger partial charge in [-0.15, -0.1) is 0 Å². The van der Waals surface area contributed by atoms with Gasteiger partial charge < -0.3 is 10.6 Å². The van der Waals surface area contributed by atoms with E-state index in [0.29, 0.717) is 29.2 Å². The van der Waals surface area contributed by atoms with Crippen LogP contribution in [0.3, 0.4) is 0 Å². The fourth-order valence-electron chi connectivity index (χ4n) is 3.10. The molecule has 0 aliphatic heterocycles. The largest absolute Gasteiger partial charge is 0.362 e. The van der Waals surface area contributed by atoms with Crippen LogP contribution in [0.5, 0.6) is 0 Å². The van der Waals surface area contributed by atoms with Gasteiger partial charge in [0.05, 0.1) is 9.40 Å². The Morgan fingerprint density at radius 2 is 2.30 bits per heavy atom. The maximum atomic E-state index is 11.3. The number of halogens is 1. The molecule has 0 radical (unpaired) electrons. The minimum absolute atomic E-state index is 0.0453. The van der Waals surface area contributed by atoms with Crippen LogP contribution in [0.15, 0.2) is 16.9 Å². The predicted molar refractivity (Wildman–Crippen MR) is 81.8 cm³/mol. The van der Waals surface area contributed by atoms with Crippen molar-refractivity contribution in [2.75, 3.05) is 18.0 Å². The monoisotopic (exact) mass is 342 g/mol. The molecule has 2 N–H and O–H groups in total. The summed E-state index contributed by atoms with van der Waals surface area (Å²) in [5.74, 6) is 0.398. The second-order valence-corrected chi connectivity index (χ2v) is 5.88. The average molecular weight is 343 g/mol. The molecule has 1 aliphatic rings. The fraction of sp³-hybridized carbons (Fsp3) is 0.615. The maximum Gasteiger partial charge on any atom is 0.311 e. The van der Waals surface area contributed by atoms with E-state index in [1.54, 1.807) is 6.20 Å². The van der Waals surface area contributed by atoms with Crippen LogP contribution in [0, 0.1) is 16.0 Å². The van der Waals surface area contributed by atoms with Crippen molar-refractivity contribution >= 4 is 27.3 Å². The number of anilines is 1. The number of hydrogen-bond donors (Lipinski definition) is 1. The molecule has 7 heteroatoms. The van der Waals surface area contributed by atoms with Crippen molar-refractivity contribution in [3.8, 4) is 0 Å². The van der Waals surface area contributed by atoms with E-state index in [9.17, 15) is 10.1 Å². The molecule has 1 fully saturated rings. The Labute approximate surface area is 126 Å². The number of nitrogens with zero attached hydrogens (tertiary/aromatic N) is 3. The molecule has 2 atom stereocenters. The van der Waals surface area contributed by atoms with E-state index in [2.05, 4.69) is 25.8 Å². The quantitative estimate of drug-likeness (QED) is 0.656. The van der Waals surface area contributed by atoms with Crippen molar-refractivity contribution in [3.63, 3.8) is 0 Å². The van der Waals surface area contributed by atoms with Gasteiger partial charge in [-0.2, -0.15) is 0 Å². The average Bonchev–Trinajstić information content (AvgIpc) is 2.89. The molecule has 2 unspecified atom stereocenters. The van der Waals surface area contributed by atoms with Gasteiger partial charge in [-0.1, -0.05) is 6.42 Å². The lowest BCUT2D eigenvalue weighted by Crippen LogP contribution is -2.41. The SMILES string of the molecule is CCN(c1c(Br)cncc1[N+](=O)[O-])C1CCCC1CN. The number of aromatic nitrogens is 1. The molecule has 20 heavy (non-hydrogen) atoms. The lowest BCUT2D eigenvalue weighted by molar-refractivity contribution is -0.384. The predicted octanol–water partition coefficient (Wildman–Crippen LogP) is 2.71. The topological polar surface area (TPSA) is 85.3 Å². The van der Waals surface area contributed by atoms with Crippen molar-refractivity contribution in [1.29, 1.82) is 0 Å². The molecule has 1 heterocycles. The zero-order valence-electron chi connectivity index (χ0n) is 11.5. The number of pyridine rings is 1. The summed E-state index contributed by atoms with van der Waals surface area (Å²) in [5.41, 5.74) is 6.51. The molecule has 1 saturated carbocycles. The van der Waals surface area contributed by atoms with Crippen molar-refractivity contribution < 1.29 is 4.92 Å². The van der Waals surface area contributed by atoms with Crippen LogP contribution in [-0.2, 0) is 0 Å². The molecule has 1 aromatic heterocycles. The number of rotatable bonds is 5. The van der Waals surface area contributed by atoms with Gasteiger partial charge >= 0.3 is 5.69 Å². The third-order valence-corrected chi connectivity index (χ3v) is 4.58. The Bertz CT molecular complexity index is 497. The van der Waals surface area contributed by atoms with E-state index < -0.39 is 0 Å². The molecule has 0 amide bonds. The van der Waals surface area contributed by atoms with Crippen molar-refractivity contribution in [2.45, 2.75) is 32.2 Å². The number of nitro groups is 1. The molecule has 0 saturated heterocycles. The molecule has 2 rings (SSSR count). The molecular formula is C13H19BrN4O2. The summed E-state index contributed by atoms with van der Waals surface area (Å²) in [6, 6.07) is 0.266. The minimum Gasteiger partial charge on any atom is -0.362 e. The molecule has 6 nitrogen and oxygen atoms in total. The van der Waals surface area contributed by atoms with E-state index in [1.165, 1.54) is 6.20 Å². The van der Waals surface area contributed by atoms with Gasteiger partial charge in [0.1, 0.15) is 11.9 Å². The minimum atomic E-state index is -0.373. The normalized spacial score (nSPS) is 21.9. The Kier molecular flexibility index (Phi) is 4.93. The number of nitrogens with two attached hydrogens (primary N) is 1. The van der Waals surface area contributed by atoms with E-state index in [-0.39, 0.29) is 16.7 Å². The summed E-state index contributed by atoms with van der Waals surface area (Å²) in [6.45, 7) is 3.35. The highest BCUT2D eigenvalue weighted by atomic mass is 79.9. The first-order valence-corrected chi connectivity index (χ1v) is 7.64. The van der Waals surface area contributed by atoms with Gasteiger partial charge in [-0.3, -0.25) is 15.1 Å². The summed E-state index contributed by atoms with van der Waals surface area (Å²) in [5, 5.41) is 11.3. The highest BCUT2D eigenvalue weighted by Gasteiger charge is 2.34. The third kappa shape index (κ3) is 2.78. The standard InChI is InChI=1S/C13H19BrN4O2/c1-2-17(11-5-3-4-9(11)6-15)13-10(14)7-16-8-12(13)18(19)20/h7-9,11H,2-6,15H2,1H3. The highest BCUT2D eigenvalue weighted by molar-refractivity contribution is 9.10. The van der Waals surface area contributed by atoms with E-state index in [4.69, 9.17) is 5.73 Å². The van der Waals surface area contributed by atoms with Crippen molar-refractivity contribution in [3.05, 3.63) is 27.0 Å². The lowest BCUT2D eigenvalue weighted by Gasteiger charge is -2.33. The van der Waals surface area contributed by atoms with Crippen LogP contribution < -0.4 is 10.6 Å². The van der Waals surface area contributed by atoms with E-state index >= 15 is 0 Å². The van der Waals surface area contributed by atoms with Gasteiger partial charge in [0.15, 0.2) is 0 Å². The second-order valence-electron chi connectivity index (χ2n) is 5.03. The Hall–Kier alpha value is -1.21. The zero-order chi connectivity index (χ0) is 14.7. The first-order valence-electron chi connectivity index (χ1n) is 6.84. The Balaban J connectivity index is 2.44. The van der Waals surface area contributed by atoms with Crippen molar-refractivity contribution in [1.82, 2.24) is 4.98 Å². The Morgan fingerprint density at radius 3 is 2.90 bits per heavy atom. The molecule has 110 valence electrons. The van der Waals surface area contributed by atoms with Gasteiger partial charge in [-0.05, 0) is 48.2 Å². The zero-order valence-corrected chi connectivity index (χ0v) is 13.0. The van der Waals surface area contributed by atoms with Gasteiger partial charge in [0.25, 0.3) is 0 Å². The summed E-state index contributed by atoms with van der Waals surface area (Å²) >= 11 is 3.41. The van der Waals surface area contributed by atoms with Gasteiger partial charge in [-0.25, -0.2) is 0 Å². The Morgan fingerprint density at radius 1 is 1.55 bits per heavy atom. The van der Waals surface area contributed by atoms with Crippen LogP contribution in [0.25, 0.3) is 0 Å². The van der Waals surface area contributed by atoms with Crippen LogP contribution in [-0.4, -0.2) is 29.0 Å². The summed E-state index contributed by atoms with van der Waals surface area (Å²) in [6.07, 6.45) is 6.17. The molecular weight excluding hydrogens is 324 g/mol. The molecule has 0 spiro atoms. The van der Waals surface area contributed by atoms with Crippen LogP contribution >= 0.6 is 15.9 Å². The van der Waals surface area contributed by atoms with Crippen LogP contribution in [0.2, 0.25) is 0 Å².